The van der Waals surface area contributed by atoms with Crippen LogP contribution in [0.4, 0.5) is 0 Å². The molecule has 1 saturated carbocycles. The van der Waals surface area contributed by atoms with Crippen molar-refractivity contribution in [3.63, 3.8) is 0 Å². The highest BCUT2D eigenvalue weighted by Crippen LogP contribution is 2.41. The highest BCUT2D eigenvalue weighted by molar-refractivity contribution is 9.10. The van der Waals surface area contributed by atoms with Crippen molar-refractivity contribution >= 4 is 15.9 Å². The smallest absolute Gasteiger partial charge is 0.107 e. The summed E-state index contributed by atoms with van der Waals surface area (Å²) in [5, 5.41) is 15.7. The van der Waals surface area contributed by atoms with Crippen molar-refractivity contribution in [2.24, 2.45) is 5.92 Å². The van der Waals surface area contributed by atoms with Gasteiger partial charge in [0, 0.05) is 6.54 Å². The Morgan fingerprint density at radius 1 is 1.43 bits per heavy atom. The van der Waals surface area contributed by atoms with Crippen LogP contribution in [-0.2, 0) is 12.1 Å². The molecule has 4 nitrogen and oxygen atoms in total. The van der Waals surface area contributed by atoms with E-state index in [1.165, 1.54) is 12.8 Å². The summed E-state index contributed by atoms with van der Waals surface area (Å²) in [6, 6.07) is 0. The Kier molecular flexibility index (Phi) is 5.86. The summed E-state index contributed by atoms with van der Waals surface area (Å²) in [7, 11) is 4.12. The number of rotatable bonds is 5. The van der Waals surface area contributed by atoms with Crippen LogP contribution < -0.4 is 0 Å². The van der Waals surface area contributed by atoms with E-state index in [9.17, 15) is 5.11 Å². The number of hydrogen-bond donors (Lipinski definition) is 1. The Hall–Kier alpha value is -0.390. The van der Waals surface area contributed by atoms with Crippen LogP contribution >= 0.6 is 15.9 Å². The van der Waals surface area contributed by atoms with Gasteiger partial charge in [0.25, 0.3) is 0 Å². The van der Waals surface area contributed by atoms with E-state index in [1.807, 2.05) is 10.9 Å². The lowest BCUT2D eigenvalue weighted by Gasteiger charge is -2.28. The third kappa shape index (κ3) is 4.08. The van der Waals surface area contributed by atoms with Crippen molar-refractivity contribution in [1.29, 1.82) is 0 Å². The van der Waals surface area contributed by atoms with Crippen molar-refractivity contribution in [2.45, 2.75) is 57.6 Å². The van der Waals surface area contributed by atoms with Gasteiger partial charge >= 0.3 is 0 Å². The van der Waals surface area contributed by atoms with Gasteiger partial charge in [0.2, 0.25) is 0 Å². The summed E-state index contributed by atoms with van der Waals surface area (Å²) in [5.74, 6) is 0.760. The maximum atomic E-state index is 11.2. The van der Waals surface area contributed by atoms with Gasteiger partial charge in [-0.25, -0.2) is 0 Å². The van der Waals surface area contributed by atoms with Gasteiger partial charge in [-0.05, 0) is 61.6 Å². The summed E-state index contributed by atoms with van der Waals surface area (Å²) in [4.78, 5) is 2.14. The first kappa shape index (κ1) is 17.0. The third-order valence-electron chi connectivity index (χ3n) is 4.74. The molecule has 5 heteroatoms. The molecule has 0 bridgehead atoms. The minimum Gasteiger partial charge on any atom is -0.384 e. The first-order valence-electron chi connectivity index (χ1n) is 8.05. The molecule has 0 aliphatic heterocycles. The van der Waals surface area contributed by atoms with Crippen LogP contribution in [-0.4, -0.2) is 40.4 Å². The van der Waals surface area contributed by atoms with E-state index in [-0.39, 0.29) is 0 Å². The van der Waals surface area contributed by atoms with E-state index in [0.29, 0.717) is 0 Å². The predicted octanol–water partition coefficient (Wildman–Crippen LogP) is 3.39. The molecule has 2 atom stereocenters. The van der Waals surface area contributed by atoms with Crippen molar-refractivity contribution in [2.75, 3.05) is 20.6 Å². The Labute approximate surface area is 136 Å². The molecule has 1 N–H and O–H groups in total. The normalized spacial score (nSPS) is 27.0. The number of aliphatic hydroxyl groups is 1. The fraction of sp³-hybridized carbons (Fsp3) is 0.812. The van der Waals surface area contributed by atoms with E-state index in [4.69, 9.17) is 0 Å². The lowest BCUT2D eigenvalue weighted by atomic mass is 9.89. The second kappa shape index (κ2) is 7.25. The standard InChI is InChI=1S/C16H28BrN3O/c1-4-13-6-5-8-16(21,9-7-13)15-14(17)12-18-20(15)11-10-19(2)3/h12-13,21H,4-11H2,1-3H3. The molecule has 120 valence electrons. The molecule has 2 rings (SSSR count). The molecule has 1 aliphatic carbocycles. The second-order valence-corrected chi connectivity index (χ2v) is 7.46. The maximum Gasteiger partial charge on any atom is 0.107 e. The average molecular weight is 358 g/mol. The maximum absolute atomic E-state index is 11.2. The molecule has 1 aliphatic rings. The van der Waals surface area contributed by atoms with Crippen LogP contribution in [0.15, 0.2) is 10.7 Å². The van der Waals surface area contributed by atoms with Crippen LogP contribution in [0, 0.1) is 5.92 Å². The van der Waals surface area contributed by atoms with Crippen molar-refractivity contribution in [3.05, 3.63) is 16.4 Å². The molecule has 1 aromatic rings. The van der Waals surface area contributed by atoms with E-state index in [1.54, 1.807) is 0 Å². The van der Waals surface area contributed by atoms with Crippen LogP contribution in [0.2, 0.25) is 0 Å². The lowest BCUT2D eigenvalue weighted by Crippen LogP contribution is -2.31. The van der Waals surface area contributed by atoms with Crippen molar-refractivity contribution < 1.29 is 5.11 Å². The minimum atomic E-state index is -0.731. The number of hydrogen-bond acceptors (Lipinski definition) is 3. The van der Waals surface area contributed by atoms with Crippen molar-refractivity contribution in [1.82, 2.24) is 14.7 Å². The molecule has 2 unspecified atom stereocenters. The SMILES string of the molecule is CCC1CCCC(O)(c2c(Br)cnn2CCN(C)C)CC1. The summed E-state index contributed by atoms with van der Waals surface area (Å²) in [6.45, 7) is 3.99. The molecule has 1 heterocycles. The lowest BCUT2D eigenvalue weighted by molar-refractivity contribution is 0.00975. The molecule has 1 aromatic heterocycles. The topological polar surface area (TPSA) is 41.3 Å². The molecule has 0 amide bonds. The molecule has 0 radical (unpaired) electrons. The minimum absolute atomic E-state index is 0.731. The Bertz CT molecular complexity index is 460. The van der Waals surface area contributed by atoms with Crippen LogP contribution in [0.25, 0.3) is 0 Å². The van der Waals surface area contributed by atoms with Crippen LogP contribution in [0.5, 0.6) is 0 Å². The van der Waals surface area contributed by atoms with Crippen molar-refractivity contribution in [3.8, 4) is 0 Å². The van der Waals surface area contributed by atoms with Crippen LogP contribution in [0.1, 0.15) is 51.1 Å². The molecule has 1 fully saturated rings. The molecule has 0 spiro atoms. The van der Waals surface area contributed by atoms with Gasteiger partial charge in [0.15, 0.2) is 0 Å². The van der Waals surface area contributed by atoms with Gasteiger partial charge in [-0.1, -0.05) is 19.8 Å². The number of halogens is 1. The molecular weight excluding hydrogens is 330 g/mol. The first-order valence-corrected chi connectivity index (χ1v) is 8.84. The largest absolute Gasteiger partial charge is 0.384 e. The highest BCUT2D eigenvalue weighted by atomic mass is 79.9. The second-order valence-electron chi connectivity index (χ2n) is 6.60. The third-order valence-corrected chi connectivity index (χ3v) is 5.32. The Balaban J connectivity index is 2.20. The summed E-state index contributed by atoms with van der Waals surface area (Å²) >= 11 is 3.60. The van der Waals surface area contributed by atoms with E-state index < -0.39 is 5.60 Å². The zero-order valence-corrected chi connectivity index (χ0v) is 15.1. The van der Waals surface area contributed by atoms with Gasteiger partial charge in [-0.2, -0.15) is 5.10 Å². The predicted molar refractivity (Wildman–Crippen MR) is 89.2 cm³/mol. The number of likely N-dealkylation sites (N-methyl/N-ethyl adjacent to an activating group) is 1. The zero-order chi connectivity index (χ0) is 15.5. The number of aromatic nitrogens is 2. The van der Waals surface area contributed by atoms with Gasteiger partial charge in [-0.15, -0.1) is 0 Å². The molecule has 21 heavy (non-hydrogen) atoms. The Morgan fingerprint density at radius 2 is 2.19 bits per heavy atom. The number of nitrogens with zero attached hydrogens (tertiary/aromatic N) is 3. The van der Waals surface area contributed by atoms with E-state index in [0.717, 1.165) is 54.9 Å². The molecule has 0 saturated heterocycles. The van der Waals surface area contributed by atoms with E-state index in [2.05, 4.69) is 46.9 Å². The first-order chi connectivity index (χ1) is 9.96. The summed E-state index contributed by atoms with van der Waals surface area (Å²) in [6.07, 6.45) is 8.18. The monoisotopic (exact) mass is 357 g/mol. The fourth-order valence-electron chi connectivity index (χ4n) is 3.33. The summed E-state index contributed by atoms with van der Waals surface area (Å²) < 4.78 is 2.93. The molecule has 0 aromatic carbocycles. The highest BCUT2D eigenvalue weighted by Gasteiger charge is 2.36. The average Bonchev–Trinajstić information content (AvgIpc) is 2.70. The quantitative estimate of drug-likeness (QED) is 0.821. The van der Waals surface area contributed by atoms with Gasteiger partial charge < -0.3 is 10.0 Å². The van der Waals surface area contributed by atoms with Gasteiger partial charge in [0.1, 0.15) is 5.60 Å². The van der Waals surface area contributed by atoms with Crippen LogP contribution in [0.3, 0.4) is 0 Å². The molecular formula is C16H28BrN3O. The zero-order valence-electron chi connectivity index (χ0n) is 13.5. The van der Waals surface area contributed by atoms with Gasteiger partial charge in [-0.3, -0.25) is 4.68 Å². The Morgan fingerprint density at radius 3 is 2.86 bits per heavy atom. The summed E-state index contributed by atoms with van der Waals surface area (Å²) in [5.41, 5.74) is 0.243. The fourth-order valence-corrected chi connectivity index (χ4v) is 4.00. The van der Waals surface area contributed by atoms with Gasteiger partial charge in [0.05, 0.1) is 22.9 Å². The van der Waals surface area contributed by atoms with E-state index >= 15 is 0 Å².